The second kappa shape index (κ2) is 7.47. The molecule has 1 fully saturated rings. The fourth-order valence-corrected chi connectivity index (χ4v) is 4.72. The van der Waals surface area contributed by atoms with E-state index in [1.54, 1.807) is 13.8 Å². The minimum atomic E-state index is -0.828. The third-order valence-electron chi connectivity index (χ3n) is 6.25. The molecule has 4 aromatic rings. The fraction of sp³-hybridized carbons (Fsp3) is 0.417. The Kier molecular flexibility index (Phi) is 4.75. The smallest absolute Gasteiger partial charge is 0.0958 e. The lowest BCUT2D eigenvalue weighted by atomic mass is 9.80. The maximum Gasteiger partial charge on any atom is 0.0958 e. The molecule has 0 saturated heterocycles. The summed E-state index contributed by atoms with van der Waals surface area (Å²) in [6.45, 7) is 4.00. The van der Waals surface area contributed by atoms with Gasteiger partial charge in [0.15, 0.2) is 0 Å². The highest BCUT2D eigenvalue weighted by molar-refractivity contribution is 5.89. The molecule has 1 aromatic carbocycles. The van der Waals surface area contributed by atoms with E-state index in [1.807, 2.05) is 34.0 Å². The van der Waals surface area contributed by atoms with E-state index in [4.69, 9.17) is 4.98 Å². The van der Waals surface area contributed by atoms with E-state index >= 15 is 0 Å². The average Bonchev–Trinajstić information content (AvgIpc) is 3.36. The molecule has 0 amide bonds. The van der Waals surface area contributed by atoms with E-state index < -0.39 is 5.60 Å². The molecule has 1 saturated carbocycles. The van der Waals surface area contributed by atoms with Crippen molar-refractivity contribution in [3.63, 3.8) is 0 Å². The molecule has 3 aromatic heterocycles. The maximum atomic E-state index is 10.2. The van der Waals surface area contributed by atoms with Gasteiger partial charge in [-0.2, -0.15) is 15.5 Å². The summed E-state index contributed by atoms with van der Waals surface area (Å²) >= 11 is 0. The maximum absolute atomic E-state index is 10.2. The lowest BCUT2D eigenvalue weighted by Crippen LogP contribution is -2.26. The molecular weight excluding hydrogens is 388 g/mol. The summed E-state index contributed by atoms with van der Waals surface area (Å²) in [5.41, 5.74) is 4.42. The third-order valence-corrected chi connectivity index (χ3v) is 6.25. The van der Waals surface area contributed by atoms with E-state index in [9.17, 15) is 10.4 Å². The van der Waals surface area contributed by atoms with Crippen LogP contribution in [-0.4, -0.2) is 35.1 Å². The molecule has 1 aliphatic rings. The summed E-state index contributed by atoms with van der Waals surface area (Å²) in [5, 5.41) is 29.5. The largest absolute Gasteiger partial charge is 0.389 e. The molecule has 1 aliphatic carbocycles. The Balaban J connectivity index is 1.55. The topological polar surface area (TPSA) is 92.0 Å². The summed E-state index contributed by atoms with van der Waals surface area (Å²) in [7, 11) is 0. The normalized spacial score (nSPS) is 19.7. The highest BCUT2D eigenvalue weighted by atomic mass is 16.3. The van der Waals surface area contributed by atoms with Crippen LogP contribution in [0.2, 0.25) is 0 Å². The number of aromatic nitrogens is 5. The number of nitriles is 1. The third kappa shape index (κ3) is 3.68. The lowest BCUT2D eigenvalue weighted by Gasteiger charge is -2.25. The minimum Gasteiger partial charge on any atom is -0.389 e. The van der Waals surface area contributed by atoms with Gasteiger partial charge in [0.1, 0.15) is 0 Å². The zero-order valence-corrected chi connectivity index (χ0v) is 17.9. The van der Waals surface area contributed by atoms with E-state index in [1.165, 1.54) is 0 Å². The molecule has 7 nitrogen and oxygen atoms in total. The van der Waals surface area contributed by atoms with E-state index in [0.717, 1.165) is 58.9 Å². The van der Waals surface area contributed by atoms with E-state index in [0.29, 0.717) is 12.5 Å². The molecule has 0 unspecified atom stereocenters. The summed E-state index contributed by atoms with van der Waals surface area (Å²) in [6.07, 6.45) is 11.3. The first-order valence-electron chi connectivity index (χ1n) is 10.8. The molecule has 158 valence electrons. The van der Waals surface area contributed by atoms with Crippen LogP contribution in [-0.2, 0) is 6.54 Å². The number of nitrogens with zero attached hydrogens (tertiary/aromatic N) is 6. The van der Waals surface area contributed by atoms with Crippen LogP contribution in [0.25, 0.3) is 27.5 Å². The quantitative estimate of drug-likeness (QED) is 0.537. The average molecular weight is 415 g/mol. The van der Waals surface area contributed by atoms with Gasteiger partial charge in [-0.25, -0.2) is 4.52 Å². The van der Waals surface area contributed by atoms with Crippen molar-refractivity contribution in [3.8, 4) is 17.2 Å². The van der Waals surface area contributed by atoms with Gasteiger partial charge in [0.2, 0.25) is 0 Å². The first-order valence-corrected chi connectivity index (χ1v) is 10.8. The molecule has 31 heavy (non-hydrogen) atoms. The van der Waals surface area contributed by atoms with Crippen molar-refractivity contribution in [1.82, 2.24) is 24.4 Å². The Labute approximate surface area is 180 Å². The second-order valence-electron chi connectivity index (χ2n) is 9.23. The van der Waals surface area contributed by atoms with Gasteiger partial charge >= 0.3 is 0 Å². The van der Waals surface area contributed by atoms with Crippen LogP contribution in [0.1, 0.15) is 51.1 Å². The van der Waals surface area contributed by atoms with Gasteiger partial charge in [0.25, 0.3) is 0 Å². The molecule has 5 rings (SSSR count). The predicted octanol–water partition coefficient (Wildman–Crippen LogP) is 4.31. The highest BCUT2D eigenvalue weighted by Crippen LogP contribution is 2.39. The SMILES string of the molecule is CC(C)(O)Cn1ncc2cc(-c3cnn4ccnc(C5CCC(C#N)CC5)c34)ccc21. The predicted molar refractivity (Wildman–Crippen MR) is 118 cm³/mol. The van der Waals surface area contributed by atoms with Crippen molar-refractivity contribution in [2.45, 2.75) is 57.6 Å². The number of hydrogen-bond acceptors (Lipinski definition) is 5. The molecule has 0 spiro atoms. The monoisotopic (exact) mass is 414 g/mol. The summed E-state index contributed by atoms with van der Waals surface area (Å²) < 4.78 is 3.76. The van der Waals surface area contributed by atoms with Gasteiger partial charge in [-0.05, 0) is 57.2 Å². The minimum absolute atomic E-state index is 0.170. The molecule has 0 radical (unpaired) electrons. The Morgan fingerprint density at radius 1 is 1.16 bits per heavy atom. The van der Waals surface area contributed by atoms with Gasteiger partial charge in [-0.1, -0.05) is 6.07 Å². The molecule has 3 heterocycles. The van der Waals surface area contributed by atoms with Crippen molar-refractivity contribution in [3.05, 3.63) is 48.7 Å². The van der Waals surface area contributed by atoms with E-state index in [-0.39, 0.29) is 5.92 Å². The molecule has 0 bridgehead atoms. The van der Waals surface area contributed by atoms with Crippen LogP contribution < -0.4 is 0 Å². The summed E-state index contributed by atoms with van der Waals surface area (Å²) in [6, 6.07) is 8.69. The number of rotatable bonds is 4. The molecule has 7 heteroatoms. The van der Waals surface area contributed by atoms with Crippen molar-refractivity contribution < 1.29 is 5.11 Å². The highest BCUT2D eigenvalue weighted by Gasteiger charge is 2.26. The van der Waals surface area contributed by atoms with Gasteiger partial charge in [-0.3, -0.25) is 9.67 Å². The molecule has 0 atom stereocenters. The van der Waals surface area contributed by atoms with Gasteiger partial charge in [0.05, 0.1) is 47.3 Å². The standard InChI is InChI=1S/C24H26N6O/c1-24(2,31)15-30-21-8-7-18(11-19(21)13-27-30)20-14-28-29-10-9-26-22(23(20)29)17-5-3-16(12-25)4-6-17/h7-11,13-14,16-17,31H,3-6,15H2,1-2H3. The lowest BCUT2D eigenvalue weighted by molar-refractivity contribution is 0.0591. The zero-order valence-electron chi connectivity index (χ0n) is 17.9. The second-order valence-corrected chi connectivity index (χ2v) is 9.23. The van der Waals surface area contributed by atoms with Crippen molar-refractivity contribution >= 4 is 16.4 Å². The first-order chi connectivity index (χ1) is 14.9. The van der Waals surface area contributed by atoms with Crippen LogP contribution in [0.3, 0.4) is 0 Å². The fourth-order valence-electron chi connectivity index (χ4n) is 4.72. The van der Waals surface area contributed by atoms with Crippen molar-refractivity contribution in [2.24, 2.45) is 5.92 Å². The molecule has 1 N–H and O–H groups in total. The Morgan fingerprint density at radius 3 is 2.71 bits per heavy atom. The summed E-state index contributed by atoms with van der Waals surface area (Å²) in [5.74, 6) is 0.519. The molecular formula is C24H26N6O. The van der Waals surface area contributed by atoms with Crippen LogP contribution in [0, 0.1) is 17.2 Å². The van der Waals surface area contributed by atoms with Crippen molar-refractivity contribution in [1.29, 1.82) is 5.26 Å². The number of hydrogen-bond donors (Lipinski definition) is 1. The van der Waals surface area contributed by atoms with Gasteiger partial charge < -0.3 is 5.11 Å². The number of aliphatic hydroxyl groups is 1. The van der Waals surface area contributed by atoms with Gasteiger partial charge in [-0.15, -0.1) is 0 Å². The first kappa shape index (κ1) is 19.7. The van der Waals surface area contributed by atoms with Crippen LogP contribution in [0.4, 0.5) is 0 Å². The molecule has 0 aliphatic heterocycles. The van der Waals surface area contributed by atoms with Crippen molar-refractivity contribution in [2.75, 3.05) is 0 Å². The Hall–Kier alpha value is -3.24. The Morgan fingerprint density at radius 2 is 1.97 bits per heavy atom. The Bertz CT molecular complexity index is 1280. The van der Waals surface area contributed by atoms with E-state index in [2.05, 4.69) is 34.5 Å². The van der Waals surface area contributed by atoms with Crippen LogP contribution in [0.5, 0.6) is 0 Å². The number of fused-ring (bicyclic) bond motifs is 2. The summed E-state index contributed by atoms with van der Waals surface area (Å²) in [4.78, 5) is 4.76. The number of benzene rings is 1. The van der Waals surface area contributed by atoms with Gasteiger partial charge in [0, 0.05) is 35.2 Å². The zero-order chi connectivity index (χ0) is 21.6. The van der Waals surface area contributed by atoms with Crippen LogP contribution >= 0.6 is 0 Å². The van der Waals surface area contributed by atoms with Crippen LogP contribution in [0.15, 0.2) is 43.0 Å².